The zero-order valence-electron chi connectivity index (χ0n) is 6.53. The number of fused-ring (bicyclic) bond motifs is 1. The minimum atomic E-state index is -0.363. The molecule has 3 nitrogen and oxygen atoms in total. The Hall–Kier alpha value is -0.120. The standard InChI is InChI=1S/C8H15NO2/c9-8-2-1-6(8)5(4-10)7(11)3-8/h5-7,10-11H,1-4,9H2. The van der Waals surface area contributed by atoms with E-state index in [-0.39, 0.29) is 24.2 Å². The molecule has 4 unspecified atom stereocenters. The van der Waals surface area contributed by atoms with Gasteiger partial charge in [-0.15, -0.1) is 0 Å². The van der Waals surface area contributed by atoms with E-state index in [1.165, 1.54) is 0 Å². The van der Waals surface area contributed by atoms with Crippen molar-refractivity contribution in [3.8, 4) is 0 Å². The summed E-state index contributed by atoms with van der Waals surface area (Å²) >= 11 is 0. The Balaban J connectivity index is 2.13. The van der Waals surface area contributed by atoms with Gasteiger partial charge in [-0.3, -0.25) is 0 Å². The second kappa shape index (κ2) is 2.19. The van der Waals surface area contributed by atoms with Gasteiger partial charge >= 0.3 is 0 Å². The maximum absolute atomic E-state index is 9.49. The Labute approximate surface area is 66.2 Å². The minimum absolute atomic E-state index is 0.0498. The maximum atomic E-state index is 9.49. The van der Waals surface area contributed by atoms with Crippen LogP contribution in [0.2, 0.25) is 0 Å². The molecule has 0 radical (unpaired) electrons. The first-order valence-corrected chi connectivity index (χ1v) is 4.25. The van der Waals surface area contributed by atoms with E-state index in [4.69, 9.17) is 10.8 Å². The van der Waals surface area contributed by atoms with E-state index in [0.717, 1.165) is 12.8 Å². The molecule has 2 aliphatic carbocycles. The van der Waals surface area contributed by atoms with Crippen LogP contribution in [0.3, 0.4) is 0 Å². The molecule has 0 aromatic heterocycles. The van der Waals surface area contributed by atoms with Crippen molar-refractivity contribution in [2.45, 2.75) is 30.9 Å². The molecule has 0 spiro atoms. The van der Waals surface area contributed by atoms with Gasteiger partial charge in [0.15, 0.2) is 0 Å². The zero-order valence-corrected chi connectivity index (χ0v) is 6.53. The lowest BCUT2D eigenvalue weighted by molar-refractivity contribution is 0.0528. The normalized spacial score (nSPS) is 55.4. The lowest BCUT2D eigenvalue weighted by atomic mass is 9.67. The largest absolute Gasteiger partial charge is 0.396 e. The summed E-state index contributed by atoms with van der Waals surface area (Å²) in [4.78, 5) is 0. The van der Waals surface area contributed by atoms with Crippen LogP contribution in [0.1, 0.15) is 19.3 Å². The lowest BCUT2D eigenvalue weighted by Crippen LogP contribution is -2.53. The minimum Gasteiger partial charge on any atom is -0.396 e. The third-order valence-electron chi connectivity index (χ3n) is 3.47. The summed E-state index contributed by atoms with van der Waals surface area (Å²) < 4.78 is 0. The van der Waals surface area contributed by atoms with Gasteiger partial charge in [-0.25, -0.2) is 0 Å². The summed E-state index contributed by atoms with van der Waals surface area (Å²) in [7, 11) is 0. The fourth-order valence-corrected chi connectivity index (χ4v) is 2.63. The van der Waals surface area contributed by atoms with Crippen LogP contribution < -0.4 is 5.73 Å². The number of rotatable bonds is 1. The fraction of sp³-hybridized carbons (Fsp3) is 1.00. The molecule has 2 rings (SSSR count). The van der Waals surface area contributed by atoms with Gasteiger partial charge in [0, 0.05) is 18.1 Å². The summed E-state index contributed by atoms with van der Waals surface area (Å²) in [5, 5.41) is 18.5. The van der Waals surface area contributed by atoms with Gasteiger partial charge in [-0.2, -0.15) is 0 Å². The maximum Gasteiger partial charge on any atom is 0.0611 e. The van der Waals surface area contributed by atoms with E-state index in [1.807, 2.05) is 0 Å². The predicted octanol–water partition coefficient (Wildman–Crippen LogP) is -0.533. The molecule has 2 aliphatic rings. The fourth-order valence-electron chi connectivity index (χ4n) is 2.63. The van der Waals surface area contributed by atoms with Crippen LogP contribution in [0, 0.1) is 11.8 Å². The van der Waals surface area contributed by atoms with Gasteiger partial charge in [-0.1, -0.05) is 0 Å². The molecular formula is C8H15NO2. The highest BCUT2D eigenvalue weighted by atomic mass is 16.3. The van der Waals surface area contributed by atoms with E-state index in [2.05, 4.69) is 0 Å². The number of hydrogen-bond acceptors (Lipinski definition) is 3. The molecule has 0 amide bonds. The summed E-state index contributed by atoms with van der Waals surface area (Å²) in [5.74, 6) is 0.427. The van der Waals surface area contributed by atoms with Crippen LogP contribution in [-0.2, 0) is 0 Å². The van der Waals surface area contributed by atoms with E-state index >= 15 is 0 Å². The molecule has 4 N–H and O–H groups in total. The Morgan fingerprint density at radius 1 is 1.55 bits per heavy atom. The predicted molar refractivity (Wildman–Crippen MR) is 40.8 cm³/mol. The molecule has 2 saturated carbocycles. The van der Waals surface area contributed by atoms with Crippen LogP contribution in [0.25, 0.3) is 0 Å². The molecule has 0 bridgehead atoms. The zero-order chi connectivity index (χ0) is 8.06. The van der Waals surface area contributed by atoms with Crippen molar-refractivity contribution in [3.05, 3.63) is 0 Å². The molecule has 0 saturated heterocycles. The molecule has 0 aromatic carbocycles. The van der Waals surface area contributed by atoms with E-state index in [9.17, 15) is 5.11 Å². The molecular weight excluding hydrogens is 142 g/mol. The smallest absolute Gasteiger partial charge is 0.0611 e. The van der Waals surface area contributed by atoms with Crippen LogP contribution in [0.15, 0.2) is 0 Å². The molecule has 11 heavy (non-hydrogen) atoms. The number of aliphatic hydroxyl groups is 2. The molecule has 0 aliphatic heterocycles. The summed E-state index contributed by atoms with van der Waals surface area (Å²) in [6, 6.07) is 0. The molecule has 64 valence electrons. The Morgan fingerprint density at radius 2 is 2.27 bits per heavy atom. The third-order valence-corrected chi connectivity index (χ3v) is 3.47. The number of hydrogen-bond donors (Lipinski definition) is 3. The Kier molecular flexibility index (Phi) is 1.50. The van der Waals surface area contributed by atoms with E-state index in [1.54, 1.807) is 0 Å². The molecule has 3 heteroatoms. The van der Waals surface area contributed by atoms with Gasteiger partial charge in [0.2, 0.25) is 0 Å². The van der Waals surface area contributed by atoms with Crippen molar-refractivity contribution in [2.24, 2.45) is 17.6 Å². The van der Waals surface area contributed by atoms with Gasteiger partial charge in [0.1, 0.15) is 0 Å². The molecule has 2 fully saturated rings. The first kappa shape index (κ1) is 7.53. The monoisotopic (exact) mass is 157 g/mol. The van der Waals surface area contributed by atoms with Crippen molar-refractivity contribution in [2.75, 3.05) is 6.61 Å². The SMILES string of the molecule is NC12CCC1C(CO)C(O)C2. The quantitative estimate of drug-likeness (QED) is 0.479. The van der Waals surface area contributed by atoms with Gasteiger partial charge < -0.3 is 15.9 Å². The van der Waals surface area contributed by atoms with Gasteiger partial charge in [0.05, 0.1) is 6.10 Å². The van der Waals surface area contributed by atoms with E-state index < -0.39 is 0 Å². The number of nitrogens with two attached hydrogens (primary N) is 1. The first-order chi connectivity index (χ1) is 5.17. The molecule has 0 aromatic rings. The lowest BCUT2D eigenvalue weighted by Gasteiger charge is -2.43. The average Bonchev–Trinajstić information content (AvgIpc) is 2.10. The third kappa shape index (κ3) is 0.849. The van der Waals surface area contributed by atoms with Crippen molar-refractivity contribution < 1.29 is 10.2 Å². The molecule has 0 heterocycles. The second-order valence-corrected chi connectivity index (χ2v) is 4.00. The number of aliphatic hydroxyl groups excluding tert-OH is 2. The highest BCUT2D eigenvalue weighted by molar-refractivity contribution is 5.11. The Bertz CT molecular complexity index is 171. The first-order valence-electron chi connectivity index (χ1n) is 4.25. The Morgan fingerprint density at radius 3 is 2.55 bits per heavy atom. The highest BCUT2D eigenvalue weighted by Crippen LogP contribution is 2.51. The van der Waals surface area contributed by atoms with Gasteiger partial charge in [0.25, 0.3) is 0 Å². The molecule has 4 atom stereocenters. The van der Waals surface area contributed by atoms with Crippen molar-refractivity contribution in [3.63, 3.8) is 0 Å². The summed E-state index contributed by atoms with van der Waals surface area (Å²) in [6.45, 7) is 0.0881. The van der Waals surface area contributed by atoms with Crippen molar-refractivity contribution in [1.82, 2.24) is 0 Å². The van der Waals surface area contributed by atoms with Crippen molar-refractivity contribution in [1.29, 1.82) is 0 Å². The van der Waals surface area contributed by atoms with Crippen LogP contribution >= 0.6 is 0 Å². The second-order valence-electron chi connectivity index (χ2n) is 4.00. The summed E-state index contributed by atoms with van der Waals surface area (Å²) in [5.41, 5.74) is 5.86. The van der Waals surface area contributed by atoms with Gasteiger partial charge in [-0.05, 0) is 25.2 Å². The summed E-state index contributed by atoms with van der Waals surface area (Å²) in [6.07, 6.45) is 2.42. The van der Waals surface area contributed by atoms with Crippen LogP contribution in [0.5, 0.6) is 0 Å². The average molecular weight is 157 g/mol. The van der Waals surface area contributed by atoms with Crippen LogP contribution in [-0.4, -0.2) is 28.5 Å². The van der Waals surface area contributed by atoms with Crippen molar-refractivity contribution >= 4 is 0 Å². The highest BCUT2D eigenvalue weighted by Gasteiger charge is 2.55. The van der Waals surface area contributed by atoms with E-state index in [0.29, 0.717) is 12.3 Å². The van der Waals surface area contributed by atoms with Crippen LogP contribution in [0.4, 0.5) is 0 Å². The topological polar surface area (TPSA) is 66.5 Å².